The van der Waals surface area contributed by atoms with Crippen LogP contribution < -0.4 is 10.6 Å². The number of carbonyl (C=O) groups is 2. The molecule has 22 heavy (non-hydrogen) atoms. The molecule has 0 saturated carbocycles. The van der Waals surface area contributed by atoms with Gasteiger partial charge in [-0.15, -0.1) is 0 Å². The van der Waals surface area contributed by atoms with Gasteiger partial charge in [0.25, 0.3) is 11.8 Å². The number of nitrogens with one attached hydrogen (secondary N) is 2. The quantitative estimate of drug-likeness (QED) is 0.604. The van der Waals surface area contributed by atoms with E-state index in [1.165, 1.54) is 0 Å². The van der Waals surface area contributed by atoms with Crippen molar-refractivity contribution >= 4 is 11.8 Å². The first-order valence-corrected chi connectivity index (χ1v) is 6.66. The third-order valence-corrected chi connectivity index (χ3v) is 2.93. The third kappa shape index (κ3) is 4.15. The predicted octanol–water partition coefficient (Wildman–Crippen LogP) is 0.483. The maximum absolute atomic E-state index is 11.8. The van der Waals surface area contributed by atoms with Crippen LogP contribution in [0.2, 0.25) is 0 Å². The second kappa shape index (κ2) is 7.35. The van der Waals surface area contributed by atoms with E-state index in [0.717, 1.165) is 0 Å². The molecule has 114 valence electrons. The molecule has 6 heteroatoms. The summed E-state index contributed by atoms with van der Waals surface area (Å²) in [4.78, 5) is 23.6. The van der Waals surface area contributed by atoms with Crippen LogP contribution in [-0.2, 0) is 0 Å². The summed E-state index contributed by atoms with van der Waals surface area (Å²) >= 11 is 0. The van der Waals surface area contributed by atoms with Gasteiger partial charge in [-0.25, -0.2) is 0 Å². The Bertz CT molecular complexity index is 574. The Kier molecular flexibility index (Phi) is 5.24. The van der Waals surface area contributed by atoms with Gasteiger partial charge < -0.3 is 20.8 Å². The average molecular weight is 300 g/mol. The first-order valence-electron chi connectivity index (χ1n) is 6.66. The molecular weight excluding hydrogens is 284 g/mol. The van der Waals surface area contributed by atoms with Gasteiger partial charge in [-0.2, -0.15) is 0 Å². The van der Waals surface area contributed by atoms with Crippen LogP contribution in [0.15, 0.2) is 60.7 Å². The maximum atomic E-state index is 11.8. The topological polar surface area (TPSA) is 98.7 Å². The Hall–Kier alpha value is -2.70. The Balaban J connectivity index is 1.91. The van der Waals surface area contributed by atoms with Gasteiger partial charge in [-0.1, -0.05) is 36.4 Å². The van der Waals surface area contributed by atoms with Crippen LogP contribution in [0.4, 0.5) is 0 Å². The monoisotopic (exact) mass is 300 g/mol. The van der Waals surface area contributed by atoms with Gasteiger partial charge in [-0.05, 0) is 24.3 Å². The number of hydrogen-bond acceptors (Lipinski definition) is 4. The van der Waals surface area contributed by atoms with E-state index in [0.29, 0.717) is 11.1 Å². The molecule has 0 aliphatic heterocycles. The third-order valence-electron chi connectivity index (χ3n) is 2.93. The summed E-state index contributed by atoms with van der Waals surface area (Å²) in [6, 6.07) is 16.5. The number of hydrogen-bond donors (Lipinski definition) is 4. The van der Waals surface area contributed by atoms with Crippen molar-refractivity contribution in [1.29, 1.82) is 0 Å². The molecule has 0 radical (unpaired) electrons. The van der Waals surface area contributed by atoms with Crippen LogP contribution >= 0.6 is 0 Å². The van der Waals surface area contributed by atoms with Crippen molar-refractivity contribution in [1.82, 2.24) is 10.6 Å². The number of rotatable bonds is 5. The van der Waals surface area contributed by atoms with Crippen LogP contribution in [0.3, 0.4) is 0 Å². The standard InChI is InChI=1S/C16H16N2O4/c19-13(11-7-3-1-4-8-11)17-15(21)16(22)18-14(20)12-9-5-2-6-10-12/h1-10,15-16,21-22H,(H,17,19)(H,18,20). The van der Waals surface area contributed by atoms with Crippen molar-refractivity contribution in [2.45, 2.75) is 12.5 Å². The van der Waals surface area contributed by atoms with Crippen LogP contribution in [0.5, 0.6) is 0 Å². The summed E-state index contributed by atoms with van der Waals surface area (Å²) < 4.78 is 0. The first-order chi connectivity index (χ1) is 10.6. The number of aliphatic hydroxyl groups is 2. The minimum atomic E-state index is -1.62. The Labute approximate surface area is 127 Å². The van der Waals surface area contributed by atoms with Crippen molar-refractivity contribution in [3.05, 3.63) is 71.8 Å². The number of carbonyl (C=O) groups excluding carboxylic acids is 2. The van der Waals surface area contributed by atoms with Gasteiger partial charge in [0.05, 0.1) is 0 Å². The Morgan fingerprint density at radius 3 is 1.32 bits per heavy atom. The number of amides is 2. The highest BCUT2D eigenvalue weighted by Gasteiger charge is 2.21. The minimum absolute atomic E-state index is 0.336. The zero-order chi connectivity index (χ0) is 15.9. The highest BCUT2D eigenvalue weighted by atomic mass is 16.4. The summed E-state index contributed by atoms with van der Waals surface area (Å²) in [6.45, 7) is 0. The second-order valence-electron chi connectivity index (χ2n) is 4.57. The smallest absolute Gasteiger partial charge is 0.253 e. The lowest BCUT2D eigenvalue weighted by Crippen LogP contribution is -2.51. The lowest BCUT2D eigenvalue weighted by Gasteiger charge is -2.20. The molecule has 2 aromatic carbocycles. The molecule has 0 aromatic heterocycles. The summed E-state index contributed by atoms with van der Waals surface area (Å²) in [7, 11) is 0. The van der Waals surface area contributed by atoms with E-state index >= 15 is 0 Å². The molecule has 2 atom stereocenters. The van der Waals surface area contributed by atoms with Crippen molar-refractivity contribution in [3.8, 4) is 0 Å². The molecule has 4 N–H and O–H groups in total. The van der Waals surface area contributed by atoms with E-state index in [1.54, 1.807) is 60.7 Å². The highest BCUT2D eigenvalue weighted by Crippen LogP contribution is 2.01. The van der Waals surface area contributed by atoms with E-state index < -0.39 is 24.3 Å². The molecular formula is C16H16N2O4. The van der Waals surface area contributed by atoms with E-state index in [9.17, 15) is 19.8 Å². The molecule has 0 fully saturated rings. The zero-order valence-corrected chi connectivity index (χ0v) is 11.6. The Morgan fingerprint density at radius 1 is 0.682 bits per heavy atom. The average Bonchev–Trinajstić information content (AvgIpc) is 2.56. The summed E-state index contributed by atoms with van der Waals surface area (Å²) in [6.07, 6.45) is -3.25. The fourth-order valence-corrected chi connectivity index (χ4v) is 1.77. The van der Waals surface area contributed by atoms with Crippen molar-refractivity contribution < 1.29 is 19.8 Å². The summed E-state index contributed by atoms with van der Waals surface area (Å²) in [5.74, 6) is -1.11. The fourth-order valence-electron chi connectivity index (χ4n) is 1.77. The molecule has 0 saturated heterocycles. The molecule has 0 aliphatic rings. The van der Waals surface area contributed by atoms with Crippen molar-refractivity contribution in [3.63, 3.8) is 0 Å². The molecule has 0 aliphatic carbocycles. The predicted molar refractivity (Wildman–Crippen MR) is 79.8 cm³/mol. The van der Waals surface area contributed by atoms with Crippen LogP contribution in [0.25, 0.3) is 0 Å². The molecule has 0 heterocycles. The highest BCUT2D eigenvalue weighted by molar-refractivity contribution is 5.95. The van der Waals surface area contributed by atoms with E-state index in [1.807, 2.05) is 0 Å². The largest absolute Gasteiger partial charge is 0.369 e. The van der Waals surface area contributed by atoms with Crippen molar-refractivity contribution in [2.75, 3.05) is 0 Å². The molecule has 2 rings (SSSR count). The maximum Gasteiger partial charge on any atom is 0.253 e. The zero-order valence-electron chi connectivity index (χ0n) is 11.6. The van der Waals surface area contributed by atoms with Crippen LogP contribution in [-0.4, -0.2) is 34.5 Å². The molecule has 0 bridgehead atoms. The normalized spacial score (nSPS) is 13.0. The van der Waals surface area contributed by atoms with Gasteiger partial charge in [0.15, 0.2) is 12.5 Å². The van der Waals surface area contributed by atoms with Gasteiger partial charge in [0.1, 0.15) is 0 Å². The second-order valence-corrected chi connectivity index (χ2v) is 4.57. The van der Waals surface area contributed by atoms with Gasteiger partial charge in [-0.3, -0.25) is 9.59 Å². The molecule has 2 amide bonds. The van der Waals surface area contributed by atoms with E-state index in [2.05, 4.69) is 10.6 Å². The SMILES string of the molecule is O=C(NC(O)C(O)NC(=O)c1ccccc1)c1ccccc1. The molecule has 2 unspecified atom stereocenters. The minimum Gasteiger partial charge on any atom is -0.369 e. The number of benzene rings is 2. The fraction of sp³-hybridized carbons (Fsp3) is 0.125. The van der Waals surface area contributed by atoms with E-state index in [4.69, 9.17) is 0 Å². The lowest BCUT2D eigenvalue weighted by molar-refractivity contribution is -0.0149. The van der Waals surface area contributed by atoms with Crippen LogP contribution in [0, 0.1) is 0 Å². The summed E-state index contributed by atoms with van der Waals surface area (Å²) in [5.41, 5.74) is 0.672. The summed E-state index contributed by atoms with van der Waals surface area (Å²) in [5, 5.41) is 23.9. The van der Waals surface area contributed by atoms with Gasteiger partial charge in [0.2, 0.25) is 0 Å². The number of aliphatic hydroxyl groups excluding tert-OH is 2. The molecule has 6 nitrogen and oxygen atoms in total. The lowest BCUT2D eigenvalue weighted by atomic mass is 10.2. The molecule has 2 aromatic rings. The molecule has 0 spiro atoms. The van der Waals surface area contributed by atoms with Gasteiger partial charge >= 0.3 is 0 Å². The van der Waals surface area contributed by atoms with Crippen molar-refractivity contribution in [2.24, 2.45) is 0 Å². The van der Waals surface area contributed by atoms with Crippen LogP contribution in [0.1, 0.15) is 20.7 Å². The van der Waals surface area contributed by atoms with E-state index in [-0.39, 0.29) is 0 Å². The first kappa shape index (κ1) is 15.7. The Morgan fingerprint density at radius 2 is 1.00 bits per heavy atom. The van der Waals surface area contributed by atoms with Gasteiger partial charge in [0, 0.05) is 11.1 Å².